The van der Waals surface area contributed by atoms with E-state index in [1.807, 2.05) is 0 Å². The summed E-state index contributed by atoms with van der Waals surface area (Å²) < 4.78 is 4.92. The van der Waals surface area contributed by atoms with Gasteiger partial charge >= 0.3 is 5.97 Å². The predicted molar refractivity (Wildman–Crippen MR) is 63.2 cm³/mol. The lowest BCUT2D eigenvalue weighted by molar-refractivity contribution is -0.117. The number of rotatable bonds is 3. The number of pyridine rings is 1. The highest BCUT2D eigenvalue weighted by atomic mass is 16.5. The van der Waals surface area contributed by atoms with Crippen LogP contribution in [0, 0.1) is 0 Å². The van der Waals surface area contributed by atoms with E-state index < -0.39 is 12.1 Å². The molecule has 2 rings (SSSR count). The lowest BCUT2D eigenvalue weighted by atomic mass is 10.2. The van der Waals surface area contributed by atoms with Gasteiger partial charge in [-0.3, -0.25) is 9.78 Å². The van der Waals surface area contributed by atoms with Gasteiger partial charge in [-0.25, -0.2) is 4.79 Å². The third-order valence-electron chi connectivity index (χ3n) is 2.69. The molecule has 0 aliphatic carbocycles. The molecule has 6 nitrogen and oxygen atoms in total. The Hall–Kier alpha value is -1.95. The van der Waals surface area contributed by atoms with Crippen LogP contribution in [-0.2, 0) is 9.53 Å². The number of aromatic nitrogens is 1. The molecule has 6 heteroatoms. The highest BCUT2D eigenvalue weighted by molar-refractivity contribution is 6.03. The number of β-amino-alcohol motifs (C(OH)–C–C–N with tert-alkyl or cyclic N) is 1. The summed E-state index contributed by atoms with van der Waals surface area (Å²) in [5.41, 5.74) is 0.673. The number of aliphatic hydroxyl groups excluding tert-OH is 1. The number of carbonyl (C=O) groups is 2. The van der Waals surface area contributed by atoms with Crippen LogP contribution in [0.15, 0.2) is 18.5 Å². The minimum absolute atomic E-state index is 0.0666. The van der Waals surface area contributed by atoms with Crippen molar-refractivity contribution in [3.63, 3.8) is 0 Å². The third-order valence-corrected chi connectivity index (χ3v) is 2.69. The number of hydrogen-bond donors (Lipinski definition) is 1. The molecule has 1 unspecified atom stereocenters. The number of hydrogen-bond acceptors (Lipinski definition) is 5. The van der Waals surface area contributed by atoms with Crippen molar-refractivity contribution in [1.29, 1.82) is 0 Å². The first-order chi connectivity index (χ1) is 8.63. The van der Waals surface area contributed by atoms with Gasteiger partial charge in [0.2, 0.25) is 5.91 Å². The monoisotopic (exact) mass is 250 g/mol. The maximum absolute atomic E-state index is 11.8. The van der Waals surface area contributed by atoms with Gasteiger partial charge in [-0.15, -0.1) is 0 Å². The molecule has 0 bridgehead atoms. The number of aliphatic hydroxyl groups is 1. The normalized spacial score (nSPS) is 19.1. The van der Waals surface area contributed by atoms with E-state index in [0.29, 0.717) is 5.69 Å². The predicted octanol–water partition coefficient (Wildman–Crippen LogP) is 0.356. The smallest absolute Gasteiger partial charge is 0.340 e. The van der Waals surface area contributed by atoms with Crippen molar-refractivity contribution < 1.29 is 19.4 Å². The molecule has 1 aliphatic rings. The van der Waals surface area contributed by atoms with Crippen LogP contribution in [0.5, 0.6) is 0 Å². The molecule has 0 saturated carbocycles. The van der Waals surface area contributed by atoms with E-state index in [1.165, 1.54) is 23.4 Å². The van der Waals surface area contributed by atoms with Crippen molar-refractivity contribution in [2.24, 2.45) is 0 Å². The Morgan fingerprint density at radius 2 is 2.44 bits per heavy atom. The molecule has 1 N–H and O–H groups in total. The van der Waals surface area contributed by atoms with Crippen LogP contribution in [-0.4, -0.2) is 41.2 Å². The maximum atomic E-state index is 11.8. The molecule has 1 amide bonds. The van der Waals surface area contributed by atoms with Crippen molar-refractivity contribution in [3.05, 3.63) is 24.0 Å². The average Bonchev–Trinajstić information content (AvgIpc) is 2.69. The van der Waals surface area contributed by atoms with Crippen molar-refractivity contribution in [1.82, 2.24) is 4.98 Å². The fourth-order valence-corrected chi connectivity index (χ4v) is 1.90. The number of esters is 1. The highest BCUT2D eigenvalue weighted by Gasteiger charge is 2.31. The van der Waals surface area contributed by atoms with Crippen LogP contribution < -0.4 is 4.90 Å². The highest BCUT2D eigenvalue weighted by Crippen LogP contribution is 2.25. The summed E-state index contributed by atoms with van der Waals surface area (Å²) in [6, 6.07) is 1.51. The van der Waals surface area contributed by atoms with Crippen LogP contribution >= 0.6 is 0 Å². The van der Waals surface area contributed by atoms with Crippen LogP contribution in [0.25, 0.3) is 0 Å². The number of ether oxygens (including phenoxy) is 1. The molecule has 96 valence electrons. The van der Waals surface area contributed by atoms with Gasteiger partial charge in [-0.2, -0.15) is 0 Å². The second-order valence-electron chi connectivity index (χ2n) is 3.98. The second-order valence-corrected chi connectivity index (χ2v) is 3.98. The largest absolute Gasteiger partial charge is 0.462 e. The van der Waals surface area contributed by atoms with Crippen molar-refractivity contribution >= 4 is 17.6 Å². The van der Waals surface area contributed by atoms with Gasteiger partial charge < -0.3 is 14.7 Å². The van der Waals surface area contributed by atoms with E-state index in [-0.39, 0.29) is 31.0 Å². The van der Waals surface area contributed by atoms with Gasteiger partial charge in [-0.05, 0) is 13.0 Å². The fourth-order valence-electron chi connectivity index (χ4n) is 1.90. The topological polar surface area (TPSA) is 79.7 Å². The van der Waals surface area contributed by atoms with Crippen LogP contribution in [0.2, 0.25) is 0 Å². The Kier molecular flexibility index (Phi) is 3.57. The lowest BCUT2D eigenvalue weighted by Gasteiger charge is -2.18. The standard InChI is InChI=1S/C12H14N2O4/c1-2-18-12(17)9-3-4-13-6-10(9)14-7-8(15)5-11(14)16/h3-4,6,8,15H,2,5,7H2,1H3. The van der Waals surface area contributed by atoms with Gasteiger partial charge in [0.1, 0.15) is 0 Å². The van der Waals surface area contributed by atoms with Gasteiger partial charge in [0.25, 0.3) is 0 Å². The van der Waals surface area contributed by atoms with Crippen LogP contribution in [0.3, 0.4) is 0 Å². The minimum atomic E-state index is -0.701. The molecule has 1 aromatic rings. The summed E-state index contributed by atoms with van der Waals surface area (Å²) in [6.07, 6.45) is 2.26. The van der Waals surface area contributed by atoms with Crippen LogP contribution in [0.1, 0.15) is 23.7 Å². The van der Waals surface area contributed by atoms with Gasteiger partial charge in [0.05, 0.1) is 43.1 Å². The number of amides is 1. The zero-order valence-electron chi connectivity index (χ0n) is 10.00. The van der Waals surface area contributed by atoms with Crippen molar-refractivity contribution in [3.8, 4) is 0 Å². The number of carbonyl (C=O) groups excluding carboxylic acids is 2. The average molecular weight is 250 g/mol. The first-order valence-electron chi connectivity index (χ1n) is 5.73. The van der Waals surface area contributed by atoms with E-state index in [4.69, 9.17) is 4.74 Å². The molecule has 0 spiro atoms. The van der Waals surface area contributed by atoms with Gasteiger partial charge in [-0.1, -0.05) is 0 Å². The fraction of sp³-hybridized carbons (Fsp3) is 0.417. The Balaban J connectivity index is 2.33. The molecular weight excluding hydrogens is 236 g/mol. The van der Waals surface area contributed by atoms with E-state index >= 15 is 0 Å². The van der Waals surface area contributed by atoms with E-state index in [2.05, 4.69) is 4.98 Å². The Morgan fingerprint density at radius 3 is 3.06 bits per heavy atom. The van der Waals surface area contributed by atoms with Crippen LogP contribution in [0.4, 0.5) is 5.69 Å². The molecule has 1 saturated heterocycles. The molecule has 1 aliphatic heterocycles. The summed E-state index contributed by atoms with van der Waals surface area (Å²) in [5.74, 6) is -0.717. The first-order valence-corrected chi connectivity index (χ1v) is 5.73. The molecule has 2 heterocycles. The quantitative estimate of drug-likeness (QED) is 0.783. The minimum Gasteiger partial charge on any atom is -0.462 e. The molecular formula is C12H14N2O4. The van der Waals surface area contributed by atoms with Gasteiger partial charge in [0.15, 0.2) is 0 Å². The lowest BCUT2D eigenvalue weighted by Crippen LogP contribution is -2.27. The summed E-state index contributed by atoms with van der Waals surface area (Å²) in [4.78, 5) is 28.7. The van der Waals surface area contributed by atoms with Crippen molar-refractivity contribution in [2.45, 2.75) is 19.4 Å². The number of anilines is 1. The third kappa shape index (κ3) is 2.33. The van der Waals surface area contributed by atoms with Crippen molar-refractivity contribution in [2.75, 3.05) is 18.1 Å². The Morgan fingerprint density at radius 1 is 1.67 bits per heavy atom. The van der Waals surface area contributed by atoms with Gasteiger partial charge in [0, 0.05) is 6.20 Å². The summed E-state index contributed by atoms with van der Waals surface area (Å²) >= 11 is 0. The zero-order valence-corrected chi connectivity index (χ0v) is 10.00. The molecule has 1 fully saturated rings. The molecule has 0 aromatic carbocycles. The zero-order chi connectivity index (χ0) is 13.1. The van der Waals surface area contributed by atoms with E-state index in [1.54, 1.807) is 6.92 Å². The molecule has 0 radical (unpaired) electrons. The maximum Gasteiger partial charge on any atom is 0.340 e. The second kappa shape index (κ2) is 5.14. The summed E-state index contributed by atoms with van der Waals surface area (Å²) in [5, 5.41) is 9.47. The molecule has 18 heavy (non-hydrogen) atoms. The SMILES string of the molecule is CCOC(=O)c1ccncc1N1CC(O)CC1=O. The molecule has 1 aromatic heterocycles. The Bertz CT molecular complexity index is 475. The molecule has 1 atom stereocenters. The summed E-state index contributed by atoms with van der Waals surface area (Å²) in [6.45, 7) is 2.15. The Labute approximate surface area is 104 Å². The summed E-state index contributed by atoms with van der Waals surface area (Å²) in [7, 11) is 0. The number of nitrogens with zero attached hydrogens (tertiary/aromatic N) is 2. The first kappa shape index (κ1) is 12.5. The van der Waals surface area contributed by atoms with E-state index in [9.17, 15) is 14.7 Å². The van der Waals surface area contributed by atoms with E-state index in [0.717, 1.165) is 0 Å².